The zero-order valence-corrected chi connectivity index (χ0v) is 10.4. The van der Waals surface area contributed by atoms with Crippen molar-refractivity contribution in [2.24, 2.45) is 5.73 Å². The van der Waals surface area contributed by atoms with Gasteiger partial charge in [0.15, 0.2) is 0 Å². The van der Waals surface area contributed by atoms with Gasteiger partial charge in [-0.1, -0.05) is 12.1 Å². The first-order valence-electron chi connectivity index (χ1n) is 5.97. The number of carbonyl (C=O) groups is 1. The second kappa shape index (κ2) is 4.75. The molecule has 0 saturated carbocycles. The summed E-state index contributed by atoms with van der Waals surface area (Å²) in [7, 11) is 0. The van der Waals surface area contributed by atoms with E-state index in [1.807, 2.05) is 13.0 Å². The van der Waals surface area contributed by atoms with E-state index in [1.165, 1.54) is 5.56 Å². The van der Waals surface area contributed by atoms with E-state index >= 15 is 0 Å². The van der Waals surface area contributed by atoms with Crippen LogP contribution in [-0.2, 0) is 11.3 Å². The van der Waals surface area contributed by atoms with E-state index in [0.29, 0.717) is 13.1 Å². The van der Waals surface area contributed by atoms with Gasteiger partial charge in [-0.15, -0.1) is 0 Å². The molecule has 1 heterocycles. The Balaban J connectivity index is 2.30. The predicted molar refractivity (Wildman–Crippen MR) is 68.9 cm³/mol. The monoisotopic (exact) mass is 233 g/mol. The van der Waals surface area contributed by atoms with Crippen LogP contribution in [0.3, 0.4) is 0 Å². The number of amides is 1. The molecule has 1 atom stereocenters. The van der Waals surface area contributed by atoms with E-state index in [2.05, 4.69) is 29.3 Å². The number of carbonyl (C=O) groups excluding carboxylic acids is 1. The Morgan fingerprint density at radius 2 is 2.29 bits per heavy atom. The number of hydrogen-bond donors (Lipinski definition) is 2. The normalized spacial score (nSPS) is 20.3. The third kappa shape index (κ3) is 2.26. The van der Waals surface area contributed by atoms with Gasteiger partial charge in [-0.2, -0.15) is 0 Å². The predicted octanol–water partition coefficient (Wildman–Crippen LogP) is 0.778. The SMILES string of the molecule is Cc1cc(CN)ccc1N1CCNC(=O)C1C. The van der Waals surface area contributed by atoms with Gasteiger partial charge in [0.1, 0.15) is 6.04 Å². The molecule has 1 aliphatic rings. The molecule has 1 amide bonds. The molecular formula is C13H19N3O. The highest BCUT2D eigenvalue weighted by Gasteiger charge is 2.26. The van der Waals surface area contributed by atoms with Crippen LogP contribution in [0.1, 0.15) is 18.1 Å². The quantitative estimate of drug-likeness (QED) is 0.793. The lowest BCUT2D eigenvalue weighted by molar-refractivity contribution is -0.122. The van der Waals surface area contributed by atoms with Crippen molar-refractivity contribution in [1.29, 1.82) is 0 Å². The van der Waals surface area contributed by atoms with Gasteiger partial charge in [-0.05, 0) is 31.0 Å². The maximum atomic E-state index is 11.6. The smallest absolute Gasteiger partial charge is 0.242 e. The fourth-order valence-corrected chi connectivity index (χ4v) is 2.28. The van der Waals surface area contributed by atoms with E-state index in [-0.39, 0.29) is 11.9 Å². The Morgan fingerprint density at radius 3 is 2.94 bits per heavy atom. The van der Waals surface area contributed by atoms with Gasteiger partial charge in [0.2, 0.25) is 5.91 Å². The van der Waals surface area contributed by atoms with Crippen LogP contribution >= 0.6 is 0 Å². The van der Waals surface area contributed by atoms with Gasteiger partial charge in [0, 0.05) is 25.3 Å². The van der Waals surface area contributed by atoms with Crippen LogP contribution in [0.5, 0.6) is 0 Å². The van der Waals surface area contributed by atoms with Crippen molar-refractivity contribution in [2.75, 3.05) is 18.0 Å². The fraction of sp³-hybridized carbons (Fsp3) is 0.462. The van der Waals surface area contributed by atoms with Crippen molar-refractivity contribution in [1.82, 2.24) is 5.32 Å². The van der Waals surface area contributed by atoms with Gasteiger partial charge in [0.25, 0.3) is 0 Å². The van der Waals surface area contributed by atoms with Crippen LogP contribution in [0, 0.1) is 6.92 Å². The number of hydrogen-bond acceptors (Lipinski definition) is 3. The lowest BCUT2D eigenvalue weighted by atomic mass is 10.1. The molecule has 0 spiro atoms. The van der Waals surface area contributed by atoms with Crippen LogP contribution in [0.25, 0.3) is 0 Å². The molecule has 3 N–H and O–H groups in total. The van der Waals surface area contributed by atoms with Crippen molar-refractivity contribution in [2.45, 2.75) is 26.4 Å². The van der Waals surface area contributed by atoms with E-state index in [4.69, 9.17) is 5.73 Å². The summed E-state index contributed by atoms with van der Waals surface area (Å²) in [5.74, 6) is 0.0959. The molecule has 4 heteroatoms. The molecule has 1 unspecified atom stereocenters. The van der Waals surface area contributed by atoms with E-state index in [1.54, 1.807) is 0 Å². The zero-order chi connectivity index (χ0) is 12.4. The maximum absolute atomic E-state index is 11.6. The molecule has 4 nitrogen and oxygen atoms in total. The number of aryl methyl sites for hydroxylation is 1. The molecule has 0 radical (unpaired) electrons. The maximum Gasteiger partial charge on any atom is 0.242 e. The molecule has 1 aromatic carbocycles. The molecule has 1 fully saturated rings. The molecule has 1 aliphatic heterocycles. The summed E-state index contributed by atoms with van der Waals surface area (Å²) in [5.41, 5.74) is 9.05. The van der Waals surface area contributed by atoms with Crippen molar-refractivity contribution in [3.05, 3.63) is 29.3 Å². The minimum absolute atomic E-state index is 0.0959. The Hall–Kier alpha value is -1.55. The van der Waals surface area contributed by atoms with Crippen LogP contribution in [0.2, 0.25) is 0 Å². The molecule has 92 valence electrons. The van der Waals surface area contributed by atoms with Gasteiger partial charge in [-0.25, -0.2) is 0 Å². The molecule has 1 aromatic rings. The summed E-state index contributed by atoms with van der Waals surface area (Å²) in [4.78, 5) is 13.8. The number of anilines is 1. The Bertz CT molecular complexity index is 431. The van der Waals surface area contributed by atoms with Crippen molar-refractivity contribution < 1.29 is 4.79 Å². The molecule has 17 heavy (non-hydrogen) atoms. The first kappa shape index (κ1) is 11.9. The Labute approximate surface area is 102 Å². The fourth-order valence-electron chi connectivity index (χ4n) is 2.28. The highest BCUT2D eigenvalue weighted by atomic mass is 16.2. The van der Waals surface area contributed by atoms with Crippen molar-refractivity contribution >= 4 is 11.6 Å². The average molecular weight is 233 g/mol. The number of piperazine rings is 1. The van der Waals surface area contributed by atoms with Crippen molar-refractivity contribution in [3.63, 3.8) is 0 Å². The molecule has 1 saturated heterocycles. The van der Waals surface area contributed by atoms with Gasteiger partial charge >= 0.3 is 0 Å². The van der Waals surface area contributed by atoms with Gasteiger partial charge in [0.05, 0.1) is 0 Å². The van der Waals surface area contributed by atoms with Gasteiger partial charge < -0.3 is 16.0 Å². The molecule has 2 rings (SSSR count). The van der Waals surface area contributed by atoms with Gasteiger partial charge in [-0.3, -0.25) is 4.79 Å². The standard InChI is InChI=1S/C13H19N3O/c1-9-7-11(8-14)3-4-12(9)16-6-5-15-13(17)10(16)2/h3-4,7,10H,5-6,8,14H2,1-2H3,(H,15,17). The van der Waals surface area contributed by atoms with Crippen molar-refractivity contribution in [3.8, 4) is 0 Å². The van der Waals surface area contributed by atoms with E-state index in [9.17, 15) is 4.79 Å². The van der Waals surface area contributed by atoms with Crippen LogP contribution in [0.15, 0.2) is 18.2 Å². The average Bonchev–Trinajstić information content (AvgIpc) is 2.33. The second-order valence-electron chi connectivity index (χ2n) is 4.49. The summed E-state index contributed by atoms with van der Waals surface area (Å²) in [5, 5.41) is 2.87. The number of nitrogens with one attached hydrogen (secondary N) is 1. The summed E-state index contributed by atoms with van der Waals surface area (Å²) < 4.78 is 0. The largest absolute Gasteiger partial charge is 0.358 e. The Morgan fingerprint density at radius 1 is 1.53 bits per heavy atom. The summed E-state index contributed by atoms with van der Waals surface area (Å²) in [6.07, 6.45) is 0. The van der Waals surface area contributed by atoms with Crippen LogP contribution in [0.4, 0.5) is 5.69 Å². The lowest BCUT2D eigenvalue weighted by Gasteiger charge is -2.35. The van der Waals surface area contributed by atoms with E-state index in [0.717, 1.165) is 17.8 Å². The minimum Gasteiger partial charge on any atom is -0.358 e. The zero-order valence-electron chi connectivity index (χ0n) is 10.4. The van der Waals surface area contributed by atoms with Crippen LogP contribution < -0.4 is 16.0 Å². The highest BCUT2D eigenvalue weighted by Crippen LogP contribution is 2.24. The molecule has 0 bridgehead atoms. The summed E-state index contributed by atoms with van der Waals surface area (Å²) in [6, 6.07) is 6.08. The summed E-state index contributed by atoms with van der Waals surface area (Å²) in [6.45, 7) is 6.12. The third-order valence-corrected chi connectivity index (χ3v) is 3.31. The lowest BCUT2D eigenvalue weighted by Crippen LogP contribution is -2.54. The first-order chi connectivity index (χ1) is 8.13. The number of nitrogens with two attached hydrogens (primary N) is 1. The first-order valence-corrected chi connectivity index (χ1v) is 5.97. The molecule has 0 aromatic heterocycles. The number of benzene rings is 1. The second-order valence-corrected chi connectivity index (χ2v) is 4.49. The number of rotatable bonds is 2. The minimum atomic E-state index is -0.105. The topological polar surface area (TPSA) is 58.4 Å². The summed E-state index contributed by atoms with van der Waals surface area (Å²) >= 11 is 0. The number of nitrogens with zero attached hydrogens (tertiary/aromatic N) is 1. The Kier molecular flexibility index (Phi) is 3.33. The van der Waals surface area contributed by atoms with Crippen LogP contribution in [-0.4, -0.2) is 25.0 Å². The van der Waals surface area contributed by atoms with E-state index < -0.39 is 0 Å². The molecule has 0 aliphatic carbocycles. The highest BCUT2D eigenvalue weighted by molar-refractivity contribution is 5.86. The third-order valence-electron chi connectivity index (χ3n) is 3.31. The molecular weight excluding hydrogens is 214 g/mol.